The van der Waals surface area contributed by atoms with Gasteiger partial charge in [0, 0.05) is 18.7 Å². The van der Waals surface area contributed by atoms with Gasteiger partial charge in [0.1, 0.15) is 7.11 Å². The van der Waals surface area contributed by atoms with Crippen molar-refractivity contribution in [3.05, 3.63) is 35.4 Å². The van der Waals surface area contributed by atoms with Gasteiger partial charge in [0.25, 0.3) is 0 Å². The first-order chi connectivity index (χ1) is 9.36. The third kappa shape index (κ3) is 3.48. The fourth-order valence-corrected chi connectivity index (χ4v) is 2.09. The Morgan fingerprint density at radius 3 is 3.00 bits per heavy atom. The summed E-state index contributed by atoms with van der Waals surface area (Å²) in [5, 5.41) is 7.35. The predicted octanol–water partition coefficient (Wildman–Crippen LogP) is 1.79. The zero-order valence-electron chi connectivity index (χ0n) is 10.8. The zero-order chi connectivity index (χ0) is 13.5. The van der Waals surface area contributed by atoms with E-state index >= 15 is 0 Å². The van der Waals surface area contributed by atoms with Gasteiger partial charge in [-0.05, 0) is 24.9 Å². The molecule has 1 aliphatic rings. The molecule has 1 heterocycles. The molecular formula is C13H17N3O2S. The second-order valence-corrected chi connectivity index (χ2v) is 4.32. The number of hydrogen-bond donors (Lipinski definition) is 2. The molecule has 0 atom stereocenters. The largest absolute Gasteiger partial charge is 0.399 e. The topological polar surface area (TPSA) is 55.2 Å². The number of nitrogens with zero attached hydrogens (tertiary/aromatic N) is 2. The molecule has 0 spiro atoms. The zero-order valence-corrected chi connectivity index (χ0v) is 11.7. The number of aliphatic imine (C=N–C) groups is 1. The van der Waals surface area contributed by atoms with Crippen LogP contribution in [0.5, 0.6) is 0 Å². The number of nitrogens with one attached hydrogen (secondary N) is 1. The summed E-state index contributed by atoms with van der Waals surface area (Å²) in [4.78, 5) is 9.41. The van der Waals surface area contributed by atoms with Gasteiger partial charge in [0.05, 0.1) is 6.61 Å². The normalized spacial score (nSPS) is 15.7. The molecule has 0 bridgehead atoms. The lowest BCUT2D eigenvalue weighted by Crippen LogP contribution is -2.36. The van der Waals surface area contributed by atoms with Crippen LogP contribution in [0.2, 0.25) is 0 Å². The van der Waals surface area contributed by atoms with Crippen molar-refractivity contribution in [2.45, 2.75) is 13.0 Å². The van der Waals surface area contributed by atoms with E-state index in [-0.39, 0.29) is 0 Å². The number of benzene rings is 1. The number of thiol groups is 1. The smallest absolute Gasteiger partial charge is 0.152 e. The van der Waals surface area contributed by atoms with Gasteiger partial charge in [-0.15, -0.1) is 0 Å². The summed E-state index contributed by atoms with van der Waals surface area (Å²) in [6, 6.07) is 7.84. The van der Waals surface area contributed by atoms with Gasteiger partial charge in [-0.2, -0.15) is 0 Å². The molecule has 1 aliphatic heterocycles. The molecule has 0 amide bonds. The van der Waals surface area contributed by atoms with Gasteiger partial charge in [0.2, 0.25) is 0 Å². The Balaban J connectivity index is 2.39. The van der Waals surface area contributed by atoms with Crippen LogP contribution in [-0.2, 0) is 15.6 Å². The van der Waals surface area contributed by atoms with Gasteiger partial charge in [-0.25, -0.2) is 0 Å². The van der Waals surface area contributed by atoms with E-state index in [4.69, 9.17) is 9.02 Å². The van der Waals surface area contributed by atoms with E-state index in [1.807, 2.05) is 24.3 Å². The summed E-state index contributed by atoms with van der Waals surface area (Å²) in [6.45, 7) is 2.10. The van der Waals surface area contributed by atoms with Crippen LogP contribution in [-0.4, -0.2) is 31.7 Å². The molecular weight excluding hydrogens is 262 g/mol. The Hall–Kier alpha value is -1.53. The SMILES string of the molecule is CO/N=C(/C1=NCCCN1)c1ccccc1COS. The van der Waals surface area contributed by atoms with Crippen molar-refractivity contribution >= 4 is 24.5 Å². The molecule has 102 valence electrons. The number of amidine groups is 1. The molecule has 1 aromatic carbocycles. The fraction of sp³-hybridized carbons (Fsp3) is 0.385. The summed E-state index contributed by atoms with van der Waals surface area (Å²) >= 11 is 3.81. The Morgan fingerprint density at radius 1 is 1.47 bits per heavy atom. The second kappa shape index (κ2) is 7.16. The van der Waals surface area contributed by atoms with Crippen molar-refractivity contribution in [2.24, 2.45) is 10.1 Å². The van der Waals surface area contributed by atoms with Crippen LogP contribution in [0.15, 0.2) is 34.4 Å². The van der Waals surface area contributed by atoms with Crippen molar-refractivity contribution < 1.29 is 9.02 Å². The Bertz CT molecular complexity index is 489. The third-order valence-electron chi connectivity index (χ3n) is 2.80. The Labute approximate surface area is 118 Å². The molecule has 0 unspecified atom stereocenters. The summed E-state index contributed by atoms with van der Waals surface area (Å²) in [5.74, 6) is 0.764. The standard InChI is InChI=1S/C13H17N3O2S/c1-17-16-12(13-14-7-4-8-15-13)11-6-3-2-5-10(11)9-18-19/h2-3,5-6,19H,4,7-9H2,1H3,(H,14,15)/b16-12+. The van der Waals surface area contributed by atoms with Crippen LogP contribution in [0.25, 0.3) is 0 Å². The lowest BCUT2D eigenvalue weighted by molar-refractivity contribution is 0.214. The van der Waals surface area contributed by atoms with Gasteiger partial charge in [-0.3, -0.25) is 4.99 Å². The first kappa shape index (κ1) is 13.9. The molecule has 0 fully saturated rings. The molecule has 0 aliphatic carbocycles. The Morgan fingerprint density at radius 2 is 2.32 bits per heavy atom. The van der Waals surface area contributed by atoms with Crippen molar-refractivity contribution in [3.63, 3.8) is 0 Å². The lowest BCUT2D eigenvalue weighted by atomic mass is 10.0. The summed E-state index contributed by atoms with van der Waals surface area (Å²) in [6.07, 6.45) is 1.03. The molecule has 1 N–H and O–H groups in total. The van der Waals surface area contributed by atoms with E-state index in [1.54, 1.807) is 0 Å². The maximum absolute atomic E-state index is 4.95. The van der Waals surface area contributed by atoms with E-state index in [9.17, 15) is 0 Å². The highest BCUT2D eigenvalue weighted by atomic mass is 32.1. The molecule has 0 saturated carbocycles. The monoisotopic (exact) mass is 279 g/mol. The first-order valence-corrected chi connectivity index (χ1v) is 6.48. The molecule has 5 nitrogen and oxygen atoms in total. The van der Waals surface area contributed by atoms with Gasteiger partial charge in [0.15, 0.2) is 11.5 Å². The highest BCUT2D eigenvalue weighted by molar-refractivity contribution is 7.75. The lowest BCUT2D eigenvalue weighted by Gasteiger charge is -2.17. The quantitative estimate of drug-likeness (QED) is 0.374. The predicted molar refractivity (Wildman–Crippen MR) is 78.7 cm³/mol. The molecule has 1 aromatic rings. The van der Waals surface area contributed by atoms with E-state index in [1.165, 1.54) is 7.11 Å². The first-order valence-electron chi connectivity index (χ1n) is 6.11. The molecule has 2 rings (SSSR count). The number of rotatable bonds is 5. The molecule has 0 saturated heterocycles. The Kier molecular flexibility index (Phi) is 5.23. The van der Waals surface area contributed by atoms with E-state index < -0.39 is 0 Å². The summed E-state index contributed by atoms with van der Waals surface area (Å²) in [5.41, 5.74) is 2.62. The van der Waals surface area contributed by atoms with Crippen LogP contribution < -0.4 is 5.32 Å². The molecule has 0 aromatic heterocycles. The maximum atomic E-state index is 4.95. The van der Waals surface area contributed by atoms with Crippen molar-refractivity contribution in [1.82, 2.24) is 5.32 Å². The highest BCUT2D eigenvalue weighted by Gasteiger charge is 2.17. The summed E-state index contributed by atoms with van der Waals surface area (Å²) < 4.78 is 4.92. The van der Waals surface area contributed by atoms with Gasteiger partial charge in [-0.1, -0.05) is 29.4 Å². The van der Waals surface area contributed by atoms with Crippen LogP contribution in [0, 0.1) is 0 Å². The van der Waals surface area contributed by atoms with Crippen LogP contribution in [0.3, 0.4) is 0 Å². The van der Waals surface area contributed by atoms with Crippen molar-refractivity contribution in [1.29, 1.82) is 0 Å². The highest BCUT2D eigenvalue weighted by Crippen LogP contribution is 2.14. The number of oxime groups is 1. The average Bonchev–Trinajstić information content (AvgIpc) is 2.47. The third-order valence-corrected chi connectivity index (χ3v) is 2.93. The molecule has 0 radical (unpaired) electrons. The molecule has 6 heteroatoms. The van der Waals surface area contributed by atoms with Crippen LogP contribution in [0.4, 0.5) is 0 Å². The van der Waals surface area contributed by atoms with Crippen molar-refractivity contribution in [2.75, 3.05) is 20.2 Å². The fourth-order valence-electron chi connectivity index (χ4n) is 1.95. The van der Waals surface area contributed by atoms with Crippen molar-refractivity contribution in [3.8, 4) is 0 Å². The van der Waals surface area contributed by atoms with Crippen LogP contribution >= 0.6 is 12.9 Å². The number of hydrogen-bond acceptors (Lipinski definition) is 6. The minimum Gasteiger partial charge on any atom is -0.399 e. The molecule has 19 heavy (non-hydrogen) atoms. The summed E-state index contributed by atoms with van der Waals surface area (Å²) in [7, 11) is 1.53. The maximum Gasteiger partial charge on any atom is 0.152 e. The van der Waals surface area contributed by atoms with Crippen LogP contribution in [0.1, 0.15) is 17.5 Å². The minimum absolute atomic E-state index is 0.398. The van der Waals surface area contributed by atoms with Gasteiger partial charge < -0.3 is 14.3 Å². The minimum atomic E-state index is 0.398. The second-order valence-electron chi connectivity index (χ2n) is 4.06. The van der Waals surface area contributed by atoms with E-state index in [2.05, 4.69) is 28.4 Å². The van der Waals surface area contributed by atoms with E-state index in [0.717, 1.165) is 36.5 Å². The van der Waals surface area contributed by atoms with E-state index in [0.29, 0.717) is 12.3 Å². The average molecular weight is 279 g/mol. The van der Waals surface area contributed by atoms with Gasteiger partial charge >= 0.3 is 0 Å².